The normalized spacial score (nSPS) is 17.6. The summed E-state index contributed by atoms with van der Waals surface area (Å²) in [5.41, 5.74) is 1.70. The van der Waals surface area contributed by atoms with Crippen LogP contribution in [0.4, 0.5) is 24.8 Å². The summed E-state index contributed by atoms with van der Waals surface area (Å²) in [6.07, 6.45) is 1.01. The number of anilines is 2. The summed E-state index contributed by atoms with van der Waals surface area (Å²) >= 11 is 7.57. The molecule has 2 aromatic heterocycles. The van der Waals surface area contributed by atoms with Crippen LogP contribution in [0.25, 0.3) is 10.6 Å². The van der Waals surface area contributed by atoms with E-state index in [0.717, 1.165) is 37.0 Å². The van der Waals surface area contributed by atoms with Crippen molar-refractivity contribution < 1.29 is 17.4 Å². The maximum absolute atomic E-state index is 13.6. The highest BCUT2D eigenvalue weighted by molar-refractivity contribution is 7.84. The number of alkyl halides is 3. The van der Waals surface area contributed by atoms with Crippen molar-refractivity contribution >= 4 is 45.4 Å². The van der Waals surface area contributed by atoms with Crippen LogP contribution in [-0.2, 0) is 29.9 Å². The number of hydrogen-bond acceptors (Lipinski definition) is 6. The van der Waals surface area contributed by atoms with Gasteiger partial charge in [0.25, 0.3) is 0 Å². The van der Waals surface area contributed by atoms with Crippen molar-refractivity contribution in [3.8, 4) is 10.6 Å². The highest BCUT2D eigenvalue weighted by Crippen LogP contribution is 2.40. The van der Waals surface area contributed by atoms with Crippen molar-refractivity contribution in [2.24, 2.45) is 0 Å². The first-order valence-electron chi connectivity index (χ1n) is 10.4. The molecule has 33 heavy (non-hydrogen) atoms. The number of rotatable bonds is 5. The van der Waals surface area contributed by atoms with Gasteiger partial charge in [-0.3, -0.25) is 9.11 Å². The fourth-order valence-electron chi connectivity index (χ4n) is 4.00. The van der Waals surface area contributed by atoms with Gasteiger partial charge in [0.2, 0.25) is 5.95 Å². The molecule has 1 saturated carbocycles. The number of hydrogen-bond donors (Lipinski definition) is 1. The Labute approximate surface area is 200 Å². The zero-order valence-corrected chi connectivity index (χ0v) is 20.0. The van der Waals surface area contributed by atoms with Gasteiger partial charge in [-0.15, -0.1) is 11.3 Å². The van der Waals surface area contributed by atoms with Gasteiger partial charge in [0.1, 0.15) is 5.56 Å². The van der Waals surface area contributed by atoms with E-state index in [1.165, 1.54) is 36.3 Å². The summed E-state index contributed by atoms with van der Waals surface area (Å²) in [6, 6.07) is 6.00. The second kappa shape index (κ2) is 8.65. The van der Waals surface area contributed by atoms with Crippen LogP contribution < -0.4 is 5.32 Å². The number of benzene rings is 1. The predicted octanol–water partition coefficient (Wildman–Crippen LogP) is 5.88. The first kappa shape index (κ1) is 22.8. The van der Waals surface area contributed by atoms with Gasteiger partial charge in [-0.2, -0.15) is 13.2 Å². The SMILES string of the molecule is CS(=O)c1csc(-c2nc(Nc3cc4c(cc3Cl)CN(C3CC3)CC4)ncc2C(F)(F)F)c1. The van der Waals surface area contributed by atoms with Crippen LogP contribution in [0.5, 0.6) is 0 Å². The van der Waals surface area contributed by atoms with E-state index >= 15 is 0 Å². The van der Waals surface area contributed by atoms with Crippen molar-refractivity contribution in [1.29, 1.82) is 0 Å². The van der Waals surface area contributed by atoms with Crippen molar-refractivity contribution in [2.75, 3.05) is 18.1 Å². The zero-order chi connectivity index (χ0) is 23.3. The summed E-state index contributed by atoms with van der Waals surface area (Å²) in [7, 11) is -1.30. The van der Waals surface area contributed by atoms with Gasteiger partial charge in [0, 0.05) is 41.9 Å². The minimum atomic E-state index is -4.62. The molecule has 5 nitrogen and oxygen atoms in total. The first-order valence-corrected chi connectivity index (χ1v) is 13.2. The summed E-state index contributed by atoms with van der Waals surface area (Å²) < 4.78 is 52.6. The Kier molecular flexibility index (Phi) is 5.97. The van der Waals surface area contributed by atoms with Crippen LogP contribution in [0.3, 0.4) is 0 Å². The topological polar surface area (TPSA) is 58.1 Å². The third-order valence-corrected chi connectivity index (χ3v) is 8.17. The number of fused-ring (bicyclic) bond motifs is 1. The average Bonchev–Trinajstić information content (AvgIpc) is 3.49. The van der Waals surface area contributed by atoms with E-state index < -0.39 is 22.5 Å². The molecule has 11 heteroatoms. The summed E-state index contributed by atoms with van der Waals surface area (Å²) in [5, 5.41) is 5.04. The van der Waals surface area contributed by atoms with Crippen molar-refractivity contribution in [2.45, 2.75) is 42.9 Å². The van der Waals surface area contributed by atoms with Crippen molar-refractivity contribution in [1.82, 2.24) is 14.9 Å². The lowest BCUT2D eigenvalue weighted by Gasteiger charge is -2.29. The fourth-order valence-corrected chi connectivity index (χ4v) is 6.05. The molecule has 1 aromatic carbocycles. The molecule has 1 unspecified atom stereocenters. The molecule has 1 atom stereocenters. The molecular formula is C22H20ClF3N4OS2. The number of halogens is 4. The van der Waals surface area contributed by atoms with Crippen LogP contribution >= 0.6 is 22.9 Å². The van der Waals surface area contributed by atoms with E-state index in [-0.39, 0.29) is 16.5 Å². The lowest BCUT2D eigenvalue weighted by molar-refractivity contribution is -0.137. The molecule has 5 rings (SSSR count). The van der Waals surface area contributed by atoms with E-state index in [1.54, 1.807) is 5.38 Å². The standard InChI is InChI=1S/C22H20ClF3N4OS2/c1-33(31)15-8-19(32-11-15)20-16(22(24,25)26)9-27-21(29-20)28-18-7-12-4-5-30(14-2-3-14)10-13(12)6-17(18)23/h6-9,11,14H,2-5,10H2,1H3,(H,27,28,29). The number of nitrogens with zero attached hydrogens (tertiary/aromatic N) is 3. The van der Waals surface area contributed by atoms with E-state index in [0.29, 0.717) is 21.6 Å². The molecule has 0 spiro atoms. The molecule has 0 saturated heterocycles. The van der Waals surface area contributed by atoms with Gasteiger partial charge < -0.3 is 5.32 Å². The number of aromatic nitrogens is 2. The van der Waals surface area contributed by atoms with E-state index in [9.17, 15) is 17.4 Å². The van der Waals surface area contributed by atoms with Crippen LogP contribution in [-0.4, -0.2) is 37.9 Å². The van der Waals surface area contributed by atoms with Gasteiger partial charge in [-0.1, -0.05) is 11.6 Å². The predicted molar refractivity (Wildman–Crippen MR) is 125 cm³/mol. The van der Waals surface area contributed by atoms with Crippen LogP contribution in [0, 0.1) is 0 Å². The Hall–Kier alpha value is -2.01. The Morgan fingerprint density at radius 3 is 2.70 bits per heavy atom. The third-order valence-electron chi connectivity index (χ3n) is 5.88. The average molecular weight is 513 g/mol. The molecule has 1 N–H and O–H groups in total. The summed E-state index contributed by atoms with van der Waals surface area (Å²) in [6.45, 7) is 1.85. The van der Waals surface area contributed by atoms with Crippen LogP contribution in [0.1, 0.15) is 29.5 Å². The highest BCUT2D eigenvalue weighted by atomic mass is 35.5. The van der Waals surface area contributed by atoms with E-state index in [4.69, 9.17) is 11.6 Å². The lowest BCUT2D eigenvalue weighted by atomic mass is 9.99. The molecule has 3 aromatic rings. The van der Waals surface area contributed by atoms with Gasteiger partial charge in [-0.05, 0) is 48.6 Å². The number of nitrogens with one attached hydrogen (secondary N) is 1. The molecule has 1 fully saturated rings. The smallest absolute Gasteiger partial charge is 0.323 e. The van der Waals surface area contributed by atoms with Gasteiger partial charge in [-0.25, -0.2) is 9.97 Å². The zero-order valence-electron chi connectivity index (χ0n) is 17.6. The quantitative estimate of drug-likeness (QED) is 0.462. The van der Waals surface area contributed by atoms with E-state index in [2.05, 4.69) is 20.2 Å². The molecular weight excluding hydrogens is 493 g/mol. The molecule has 174 valence electrons. The first-order chi connectivity index (χ1) is 15.7. The van der Waals surface area contributed by atoms with Gasteiger partial charge in [0.05, 0.1) is 32.1 Å². The van der Waals surface area contributed by atoms with Gasteiger partial charge >= 0.3 is 6.18 Å². The minimum Gasteiger partial charge on any atom is -0.323 e. The Bertz CT molecular complexity index is 1240. The van der Waals surface area contributed by atoms with E-state index in [1.807, 2.05) is 12.1 Å². The molecule has 1 aliphatic carbocycles. The maximum atomic E-state index is 13.6. The van der Waals surface area contributed by atoms with Crippen molar-refractivity contribution in [3.63, 3.8) is 0 Å². The van der Waals surface area contributed by atoms with Gasteiger partial charge in [0.15, 0.2) is 0 Å². The molecule has 1 aliphatic heterocycles. The number of thiophene rings is 1. The second-order valence-electron chi connectivity index (χ2n) is 8.23. The molecule has 0 radical (unpaired) electrons. The lowest BCUT2D eigenvalue weighted by Crippen LogP contribution is -2.32. The second-order valence-corrected chi connectivity index (χ2v) is 10.9. The minimum absolute atomic E-state index is 0.0165. The summed E-state index contributed by atoms with van der Waals surface area (Å²) in [4.78, 5) is 11.3. The third kappa shape index (κ3) is 4.80. The Balaban J connectivity index is 1.47. The largest absolute Gasteiger partial charge is 0.420 e. The molecule has 3 heterocycles. The molecule has 0 amide bonds. The maximum Gasteiger partial charge on any atom is 0.420 e. The summed E-state index contributed by atoms with van der Waals surface area (Å²) in [5.74, 6) is 0.0165. The van der Waals surface area contributed by atoms with Crippen LogP contribution in [0.2, 0.25) is 5.02 Å². The molecule has 2 aliphatic rings. The fraction of sp³-hybridized carbons (Fsp3) is 0.364. The Morgan fingerprint density at radius 2 is 2.03 bits per heavy atom. The Morgan fingerprint density at radius 1 is 1.24 bits per heavy atom. The highest BCUT2D eigenvalue weighted by Gasteiger charge is 2.36. The monoisotopic (exact) mass is 512 g/mol. The van der Waals surface area contributed by atoms with Crippen molar-refractivity contribution in [3.05, 3.63) is 51.5 Å². The van der Waals surface area contributed by atoms with Crippen LogP contribution in [0.15, 0.2) is 34.7 Å². The molecule has 0 bridgehead atoms.